The summed E-state index contributed by atoms with van der Waals surface area (Å²) >= 11 is 0. The number of fused-ring (bicyclic) bond motifs is 7. The first-order valence-electron chi connectivity index (χ1n) is 21.7. The van der Waals surface area contributed by atoms with Gasteiger partial charge in [-0.25, -0.2) is 4.79 Å². The first-order valence-corrected chi connectivity index (χ1v) is 21.7. The van der Waals surface area contributed by atoms with E-state index in [1.165, 1.54) is 12.5 Å². The molecule has 2 heterocycles. The summed E-state index contributed by atoms with van der Waals surface area (Å²) in [6, 6.07) is 0. The van der Waals surface area contributed by atoms with E-state index in [1.54, 1.807) is 0 Å². The molecule has 2 saturated heterocycles. The fraction of sp³-hybridized carbons (Fsp3) is 0.909. The highest BCUT2D eigenvalue weighted by molar-refractivity contribution is 5.73. The Bertz CT molecular complexity index is 1650. The summed E-state index contributed by atoms with van der Waals surface area (Å²) in [5.74, 6) is -1.42. The van der Waals surface area contributed by atoms with Gasteiger partial charge in [0, 0.05) is 12.3 Å². The van der Waals surface area contributed by atoms with Crippen molar-refractivity contribution in [2.75, 3.05) is 6.61 Å². The average molecular weight is 839 g/mol. The summed E-state index contributed by atoms with van der Waals surface area (Å²) in [7, 11) is 0. The number of aliphatic carboxylic acids is 1. The number of hydrogen-bond donors (Lipinski definition) is 8. The minimum Gasteiger partial charge on any atom is -0.479 e. The molecule has 15 nitrogen and oxygen atoms in total. The largest absolute Gasteiger partial charge is 0.479 e. The zero-order valence-electron chi connectivity index (χ0n) is 36.1. The highest BCUT2D eigenvalue weighted by atomic mass is 16.8. The van der Waals surface area contributed by atoms with Crippen LogP contribution >= 0.6 is 0 Å². The molecule has 8 N–H and O–H groups in total. The monoisotopic (exact) mass is 838 g/mol. The van der Waals surface area contributed by atoms with E-state index in [0.29, 0.717) is 19.3 Å². The molecule has 0 aromatic rings. The highest BCUT2D eigenvalue weighted by Gasteiger charge is 2.71. The molecule has 336 valence electrons. The van der Waals surface area contributed by atoms with E-state index in [0.717, 1.165) is 32.1 Å². The number of hydrogen-bond acceptors (Lipinski definition) is 14. The lowest BCUT2D eigenvalue weighted by Gasteiger charge is -2.72. The predicted molar refractivity (Wildman–Crippen MR) is 209 cm³/mol. The van der Waals surface area contributed by atoms with Crippen LogP contribution in [0.5, 0.6) is 0 Å². The van der Waals surface area contributed by atoms with Crippen molar-refractivity contribution >= 4 is 11.9 Å². The predicted octanol–water partition coefficient (Wildman–Crippen LogP) is 2.42. The Morgan fingerprint density at radius 1 is 0.763 bits per heavy atom. The Morgan fingerprint density at radius 3 is 2.07 bits per heavy atom. The Morgan fingerprint density at radius 2 is 1.44 bits per heavy atom. The molecule has 0 amide bonds. The molecule has 2 aliphatic heterocycles. The summed E-state index contributed by atoms with van der Waals surface area (Å²) in [5.41, 5.74) is -0.481. The number of carboxylic acids is 1. The van der Waals surface area contributed by atoms with E-state index in [9.17, 15) is 50.4 Å². The number of rotatable bonds is 7. The molecule has 15 heteroatoms. The SMILES string of the molecule is CC(=O)O[C@@H]1CC(C)(C)C[C@H]2C3=CC[C@H]4[C@]5(C)CC[C@@H](O[C@H]6O[C@@H](C(=O)O)[C@H](O)[C@@H](O)[C@@H]6O[C@@H]6O[C@H](CO)[C@@H](O)[C@H](O)[C@@H]6O)C(C)(C)[C@@H]5CC[C@@]4(C)[C@]3(C)C[C@H](O)[C@@]12C. The molecule has 0 aromatic carbocycles. The van der Waals surface area contributed by atoms with Crippen molar-refractivity contribution in [2.45, 2.75) is 193 Å². The number of carbonyl (C=O) groups is 2. The van der Waals surface area contributed by atoms with Crippen LogP contribution in [0, 0.1) is 50.2 Å². The van der Waals surface area contributed by atoms with Crippen LogP contribution in [0.3, 0.4) is 0 Å². The van der Waals surface area contributed by atoms with Gasteiger partial charge in [-0.05, 0) is 96.2 Å². The topological polar surface area (TPSA) is 242 Å². The van der Waals surface area contributed by atoms with Crippen LogP contribution in [0.25, 0.3) is 0 Å². The molecule has 0 spiro atoms. The van der Waals surface area contributed by atoms with E-state index in [4.69, 9.17) is 23.7 Å². The molecule has 4 saturated carbocycles. The van der Waals surface area contributed by atoms with Gasteiger partial charge in [0.2, 0.25) is 0 Å². The van der Waals surface area contributed by atoms with Crippen LogP contribution in [0.15, 0.2) is 11.6 Å². The molecule has 0 bridgehead atoms. The van der Waals surface area contributed by atoms with E-state index < -0.39 is 103 Å². The minimum atomic E-state index is -1.95. The van der Waals surface area contributed by atoms with Crippen LogP contribution in [-0.2, 0) is 33.3 Å². The quantitative estimate of drug-likeness (QED) is 0.104. The minimum absolute atomic E-state index is 0.0466. The fourth-order valence-corrected chi connectivity index (χ4v) is 14.1. The molecule has 20 atom stereocenters. The van der Waals surface area contributed by atoms with Crippen LogP contribution < -0.4 is 0 Å². The summed E-state index contributed by atoms with van der Waals surface area (Å²) in [4.78, 5) is 24.6. The van der Waals surface area contributed by atoms with Crippen molar-refractivity contribution in [1.29, 1.82) is 0 Å². The van der Waals surface area contributed by atoms with E-state index in [2.05, 4.69) is 61.5 Å². The maximum atomic E-state index is 12.4. The lowest BCUT2D eigenvalue weighted by atomic mass is 9.33. The van der Waals surface area contributed by atoms with Gasteiger partial charge in [-0.3, -0.25) is 4.79 Å². The van der Waals surface area contributed by atoms with Crippen molar-refractivity contribution in [1.82, 2.24) is 0 Å². The van der Waals surface area contributed by atoms with Crippen LogP contribution in [-0.4, -0.2) is 139 Å². The van der Waals surface area contributed by atoms with Crippen LogP contribution in [0.4, 0.5) is 0 Å². The summed E-state index contributed by atoms with van der Waals surface area (Å²) in [6.45, 7) is 18.7. The third-order valence-corrected chi connectivity index (χ3v) is 17.6. The second-order valence-corrected chi connectivity index (χ2v) is 21.6. The molecule has 0 radical (unpaired) electrons. The molecule has 7 rings (SSSR count). The zero-order valence-corrected chi connectivity index (χ0v) is 36.1. The van der Waals surface area contributed by atoms with Gasteiger partial charge in [0.15, 0.2) is 18.7 Å². The van der Waals surface area contributed by atoms with Gasteiger partial charge in [0.25, 0.3) is 0 Å². The van der Waals surface area contributed by atoms with Crippen LogP contribution in [0.1, 0.15) is 114 Å². The third kappa shape index (κ3) is 6.87. The highest BCUT2D eigenvalue weighted by Crippen LogP contribution is 2.76. The molecular formula is C44H70O15. The summed E-state index contributed by atoms with van der Waals surface area (Å²) in [5, 5.41) is 85.6. The van der Waals surface area contributed by atoms with Crippen molar-refractivity contribution in [3.05, 3.63) is 11.6 Å². The van der Waals surface area contributed by atoms with Crippen molar-refractivity contribution < 1.29 is 74.1 Å². The van der Waals surface area contributed by atoms with Gasteiger partial charge in [0.05, 0.1) is 18.8 Å². The lowest BCUT2D eigenvalue weighted by Crippen LogP contribution is -2.68. The Balaban J connectivity index is 1.17. The standard InChI is InChI=1S/C44H70O15/c1-20(46)55-28-18-39(2,3)16-22-21-10-11-25-41(6)14-13-27(40(4,5)24(41)12-15-42(25,7)43(21,8)17-26(47)44(22,28)9)57-38-35(32(51)31(50)34(58-38)36(53)54)59-37-33(52)30(49)29(48)23(19-45)56-37/h10,22-35,37-38,45,47-52H,11-19H2,1-9H3,(H,53,54)/t22-,23+,24-,25-,26-,27+,28+,29+,30-,31+,32+,33-,34+,35-,37-,38-,41+,42+,43+,44-/m0/s1. The number of allylic oxidation sites excluding steroid dienone is 2. The Kier molecular flexibility index (Phi) is 11.7. The molecule has 7 aliphatic rings. The number of carboxylic acid groups (broad SMARTS) is 1. The molecule has 6 fully saturated rings. The number of aliphatic hydroxyl groups is 7. The Labute approximate surface area is 347 Å². The molecule has 0 unspecified atom stereocenters. The fourth-order valence-electron chi connectivity index (χ4n) is 14.1. The van der Waals surface area contributed by atoms with Crippen LogP contribution in [0.2, 0.25) is 0 Å². The lowest BCUT2D eigenvalue weighted by molar-refractivity contribution is -0.374. The van der Waals surface area contributed by atoms with Gasteiger partial charge < -0.3 is 64.5 Å². The number of esters is 1. The number of carbonyl (C=O) groups excluding carboxylic acids is 1. The van der Waals surface area contributed by atoms with E-state index in [-0.39, 0.29) is 45.4 Å². The van der Waals surface area contributed by atoms with Gasteiger partial charge in [-0.2, -0.15) is 0 Å². The normalized spacial score (nSPS) is 52.8. The van der Waals surface area contributed by atoms with Crippen molar-refractivity contribution in [3.8, 4) is 0 Å². The second kappa shape index (κ2) is 15.2. The van der Waals surface area contributed by atoms with Gasteiger partial charge in [-0.1, -0.05) is 67.0 Å². The number of aliphatic hydroxyl groups excluding tert-OH is 7. The first kappa shape index (κ1) is 45.3. The molecule has 0 aromatic heterocycles. The summed E-state index contributed by atoms with van der Waals surface area (Å²) in [6.07, 6.45) is -10.2. The molecule has 59 heavy (non-hydrogen) atoms. The molecule has 5 aliphatic carbocycles. The molecular weight excluding hydrogens is 768 g/mol. The average Bonchev–Trinajstić information content (AvgIpc) is 3.13. The zero-order chi connectivity index (χ0) is 43.6. The summed E-state index contributed by atoms with van der Waals surface area (Å²) < 4.78 is 30.0. The maximum absolute atomic E-state index is 12.4. The van der Waals surface area contributed by atoms with E-state index in [1.807, 2.05) is 0 Å². The van der Waals surface area contributed by atoms with Crippen molar-refractivity contribution in [2.24, 2.45) is 50.2 Å². The van der Waals surface area contributed by atoms with Gasteiger partial charge in [0.1, 0.15) is 48.8 Å². The van der Waals surface area contributed by atoms with Crippen molar-refractivity contribution in [3.63, 3.8) is 0 Å². The third-order valence-electron chi connectivity index (χ3n) is 17.6. The first-order chi connectivity index (χ1) is 27.3. The van der Waals surface area contributed by atoms with Gasteiger partial charge in [-0.15, -0.1) is 0 Å². The van der Waals surface area contributed by atoms with Gasteiger partial charge >= 0.3 is 11.9 Å². The Hall–Kier alpha value is -1.76. The maximum Gasteiger partial charge on any atom is 0.335 e. The smallest absolute Gasteiger partial charge is 0.335 e. The second-order valence-electron chi connectivity index (χ2n) is 21.6. The number of ether oxygens (including phenoxy) is 5. The van der Waals surface area contributed by atoms with E-state index >= 15 is 0 Å².